The van der Waals surface area contributed by atoms with Crippen LogP contribution >= 0.6 is 12.4 Å². The maximum Gasteiger partial charge on any atom is 0.0160 e. The largest absolute Gasteiger partial charge is 0.300 e. The van der Waals surface area contributed by atoms with Crippen molar-refractivity contribution in [1.82, 2.24) is 4.90 Å². The summed E-state index contributed by atoms with van der Waals surface area (Å²) in [6, 6.07) is 0. The van der Waals surface area contributed by atoms with E-state index in [1.54, 1.807) is 0 Å². The summed E-state index contributed by atoms with van der Waals surface area (Å²) < 4.78 is 0. The highest BCUT2D eigenvalue weighted by molar-refractivity contribution is 5.85. The van der Waals surface area contributed by atoms with E-state index in [1.165, 1.54) is 90.1 Å². The molecule has 0 radical (unpaired) electrons. The van der Waals surface area contributed by atoms with Gasteiger partial charge in [0.25, 0.3) is 0 Å². The molecule has 0 atom stereocenters. The lowest BCUT2D eigenvalue weighted by Gasteiger charge is -2.20. The lowest BCUT2D eigenvalue weighted by molar-refractivity contribution is 0.286. The summed E-state index contributed by atoms with van der Waals surface area (Å²) in [6.07, 6.45) is 18.8. The SMILES string of the molecule is C=CCN(CCCCCCCC)CCCCCCCC.Cl. The molecule has 0 N–H and O–H groups in total. The van der Waals surface area contributed by atoms with Gasteiger partial charge in [0.2, 0.25) is 0 Å². The molecule has 0 saturated heterocycles. The Balaban J connectivity index is 0. The lowest BCUT2D eigenvalue weighted by Crippen LogP contribution is -2.26. The van der Waals surface area contributed by atoms with E-state index >= 15 is 0 Å². The van der Waals surface area contributed by atoms with Crippen LogP contribution in [0.15, 0.2) is 12.7 Å². The van der Waals surface area contributed by atoms with Gasteiger partial charge in [-0.2, -0.15) is 0 Å². The van der Waals surface area contributed by atoms with Crippen LogP contribution in [0, 0.1) is 0 Å². The Morgan fingerprint density at radius 1 is 0.667 bits per heavy atom. The second kappa shape index (κ2) is 20.0. The molecule has 0 spiro atoms. The predicted molar refractivity (Wildman–Crippen MR) is 101 cm³/mol. The molecule has 0 rings (SSSR count). The van der Waals surface area contributed by atoms with E-state index in [4.69, 9.17) is 0 Å². The first-order valence-corrected chi connectivity index (χ1v) is 9.18. The number of hydrogen-bond donors (Lipinski definition) is 0. The molecule has 1 nitrogen and oxygen atoms in total. The first-order chi connectivity index (χ1) is 9.85. The molecular weight excluding hydrogens is 278 g/mol. The quantitative estimate of drug-likeness (QED) is 0.228. The summed E-state index contributed by atoms with van der Waals surface area (Å²) in [5.41, 5.74) is 0. The zero-order valence-corrected chi connectivity index (χ0v) is 15.6. The van der Waals surface area contributed by atoms with Crippen molar-refractivity contribution in [2.45, 2.75) is 90.9 Å². The molecule has 0 aliphatic carbocycles. The molecule has 0 heterocycles. The van der Waals surface area contributed by atoms with E-state index < -0.39 is 0 Å². The molecule has 0 aromatic heterocycles. The van der Waals surface area contributed by atoms with Crippen LogP contribution in [0.5, 0.6) is 0 Å². The van der Waals surface area contributed by atoms with Crippen LogP contribution in [0.2, 0.25) is 0 Å². The number of unbranched alkanes of at least 4 members (excludes halogenated alkanes) is 10. The van der Waals surface area contributed by atoms with Crippen LogP contribution in [0.25, 0.3) is 0 Å². The van der Waals surface area contributed by atoms with Gasteiger partial charge in [-0.25, -0.2) is 0 Å². The van der Waals surface area contributed by atoms with Crippen LogP contribution in [-0.2, 0) is 0 Å². The molecule has 0 aromatic carbocycles. The fraction of sp³-hybridized carbons (Fsp3) is 0.895. The van der Waals surface area contributed by atoms with Crippen LogP contribution in [-0.4, -0.2) is 24.5 Å². The first kappa shape index (κ1) is 23.3. The van der Waals surface area contributed by atoms with E-state index in [9.17, 15) is 0 Å². The molecular formula is C19H40ClN. The summed E-state index contributed by atoms with van der Waals surface area (Å²) in [5, 5.41) is 0. The van der Waals surface area contributed by atoms with Crippen molar-refractivity contribution in [2.75, 3.05) is 19.6 Å². The molecule has 2 heteroatoms. The zero-order chi connectivity index (χ0) is 14.9. The molecule has 0 aromatic rings. The minimum atomic E-state index is 0. The zero-order valence-electron chi connectivity index (χ0n) is 14.7. The smallest absolute Gasteiger partial charge is 0.0160 e. The van der Waals surface area contributed by atoms with Crippen LogP contribution in [0.4, 0.5) is 0 Å². The maximum atomic E-state index is 3.90. The molecule has 0 saturated carbocycles. The van der Waals surface area contributed by atoms with Crippen molar-refractivity contribution in [3.8, 4) is 0 Å². The minimum absolute atomic E-state index is 0. The molecule has 0 unspecified atom stereocenters. The summed E-state index contributed by atoms with van der Waals surface area (Å²) in [5.74, 6) is 0. The van der Waals surface area contributed by atoms with Gasteiger partial charge in [0.1, 0.15) is 0 Å². The van der Waals surface area contributed by atoms with Crippen molar-refractivity contribution in [3.05, 3.63) is 12.7 Å². The van der Waals surface area contributed by atoms with Gasteiger partial charge in [-0.05, 0) is 25.9 Å². The van der Waals surface area contributed by atoms with Gasteiger partial charge >= 0.3 is 0 Å². The van der Waals surface area contributed by atoms with Gasteiger partial charge in [0.05, 0.1) is 0 Å². The Hall–Kier alpha value is -0.0100. The summed E-state index contributed by atoms with van der Waals surface area (Å²) >= 11 is 0. The molecule has 0 bridgehead atoms. The van der Waals surface area contributed by atoms with Crippen molar-refractivity contribution in [3.63, 3.8) is 0 Å². The van der Waals surface area contributed by atoms with Gasteiger partial charge in [-0.1, -0.05) is 84.1 Å². The van der Waals surface area contributed by atoms with Gasteiger partial charge in [0, 0.05) is 6.54 Å². The van der Waals surface area contributed by atoms with Crippen molar-refractivity contribution < 1.29 is 0 Å². The average molecular weight is 318 g/mol. The normalized spacial score (nSPS) is 10.6. The summed E-state index contributed by atoms with van der Waals surface area (Å²) in [7, 11) is 0. The van der Waals surface area contributed by atoms with E-state index in [-0.39, 0.29) is 12.4 Å². The third-order valence-corrected chi connectivity index (χ3v) is 4.04. The van der Waals surface area contributed by atoms with Crippen molar-refractivity contribution in [1.29, 1.82) is 0 Å². The van der Waals surface area contributed by atoms with E-state index in [0.29, 0.717) is 0 Å². The molecule has 0 aliphatic heterocycles. The third-order valence-electron chi connectivity index (χ3n) is 4.04. The fourth-order valence-corrected chi connectivity index (χ4v) is 2.71. The van der Waals surface area contributed by atoms with Gasteiger partial charge < -0.3 is 0 Å². The van der Waals surface area contributed by atoms with Gasteiger partial charge in [-0.3, -0.25) is 4.90 Å². The second-order valence-corrected chi connectivity index (χ2v) is 6.12. The average Bonchev–Trinajstić information content (AvgIpc) is 2.46. The molecule has 0 aliphatic rings. The first-order valence-electron chi connectivity index (χ1n) is 9.18. The monoisotopic (exact) mass is 317 g/mol. The van der Waals surface area contributed by atoms with E-state index in [1.807, 2.05) is 0 Å². The minimum Gasteiger partial charge on any atom is -0.300 e. The highest BCUT2D eigenvalue weighted by Crippen LogP contribution is 2.08. The van der Waals surface area contributed by atoms with Crippen LogP contribution < -0.4 is 0 Å². The second-order valence-electron chi connectivity index (χ2n) is 6.12. The van der Waals surface area contributed by atoms with E-state index in [0.717, 1.165) is 6.54 Å². The van der Waals surface area contributed by atoms with Crippen LogP contribution in [0.3, 0.4) is 0 Å². The topological polar surface area (TPSA) is 3.24 Å². The van der Waals surface area contributed by atoms with Crippen LogP contribution in [0.1, 0.15) is 90.9 Å². The number of nitrogens with zero attached hydrogens (tertiary/aromatic N) is 1. The Labute approximate surface area is 141 Å². The summed E-state index contributed by atoms with van der Waals surface area (Å²) in [6.45, 7) is 12.1. The predicted octanol–water partition coefficient (Wildman–Crippen LogP) is 6.62. The molecule has 0 fully saturated rings. The molecule has 21 heavy (non-hydrogen) atoms. The van der Waals surface area contributed by atoms with E-state index in [2.05, 4.69) is 31.4 Å². The Bertz CT molecular complexity index is 178. The Kier molecular flexibility index (Phi) is 22.1. The van der Waals surface area contributed by atoms with Crippen molar-refractivity contribution >= 4 is 12.4 Å². The lowest BCUT2D eigenvalue weighted by atomic mass is 10.1. The standard InChI is InChI=1S/C19H39N.ClH/c1-4-7-9-11-13-15-18-20(17-6-3)19-16-14-12-10-8-5-2;/h6H,3-5,7-19H2,1-2H3;1H. The fourth-order valence-electron chi connectivity index (χ4n) is 2.71. The Morgan fingerprint density at radius 2 is 1.05 bits per heavy atom. The number of halogens is 1. The summed E-state index contributed by atoms with van der Waals surface area (Å²) in [4.78, 5) is 2.59. The third kappa shape index (κ3) is 17.9. The highest BCUT2D eigenvalue weighted by atomic mass is 35.5. The number of hydrogen-bond acceptors (Lipinski definition) is 1. The Morgan fingerprint density at radius 3 is 1.43 bits per heavy atom. The number of rotatable bonds is 16. The van der Waals surface area contributed by atoms with Crippen molar-refractivity contribution in [2.24, 2.45) is 0 Å². The maximum absolute atomic E-state index is 3.90. The van der Waals surface area contributed by atoms with Gasteiger partial charge in [-0.15, -0.1) is 19.0 Å². The molecule has 128 valence electrons. The van der Waals surface area contributed by atoms with Gasteiger partial charge in [0.15, 0.2) is 0 Å². The molecule has 0 amide bonds. The highest BCUT2D eigenvalue weighted by Gasteiger charge is 2.02.